The van der Waals surface area contributed by atoms with Gasteiger partial charge < -0.3 is 11.5 Å². The molecule has 0 saturated heterocycles. The lowest BCUT2D eigenvalue weighted by atomic mass is 10.1. The highest BCUT2D eigenvalue weighted by Crippen LogP contribution is 2.36. The second-order valence-corrected chi connectivity index (χ2v) is 3.18. The molecule has 4 N–H and O–H groups in total. The van der Waals surface area contributed by atoms with E-state index in [-0.39, 0.29) is 11.4 Å². The molecule has 0 unspecified atom stereocenters. The molecule has 0 aromatic heterocycles. The molecular formula is C7H14N2O. The molecular weight excluding hydrogens is 128 g/mol. The van der Waals surface area contributed by atoms with Crippen LogP contribution in [-0.2, 0) is 4.79 Å². The number of primary amides is 1. The Balaban J connectivity index is 2.00. The predicted molar refractivity (Wildman–Crippen MR) is 39.2 cm³/mol. The fourth-order valence-electron chi connectivity index (χ4n) is 1.03. The highest BCUT2D eigenvalue weighted by molar-refractivity contribution is 5.73. The Morgan fingerprint density at radius 3 is 2.50 bits per heavy atom. The zero-order valence-corrected chi connectivity index (χ0v) is 6.10. The van der Waals surface area contributed by atoms with E-state index in [1.807, 2.05) is 0 Å². The molecule has 0 radical (unpaired) electrons. The minimum atomic E-state index is -0.218. The van der Waals surface area contributed by atoms with E-state index in [1.165, 1.54) is 0 Å². The number of carbonyl (C=O) groups excluding carboxylic acids is 1. The number of hydrogen-bond donors (Lipinski definition) is 2. The molecule has 0 aliphatic heterocycles. The van der Waals surface area contributed by atoms with Crippen LogP contribution in [0.1, 0.15) is 32.1 Å². The second kappa shape index (κ2) is 2.58. The first-order valence-electron chi connectivity index (χ1n) is 3.70. The third-order valence-electron chi connectivity index (χ3n) is 1.99. The highest BCUT2D eigenvalue weighted by Gasteiger charge is 2.37. The maximum atomic E-state index is 10.3. The number of carbonyl (C=O) groups is 1. The summed E-state index contributed by atoms with van der Waals surface area (Å²) in [6.07, 6.45) is 4.53. The average molecular weight is 142 g/mol. The molecule has 0 spiro atoms. The zero-order valence-electron chi connectivity index (χ0n) is 6.10. The first-order valence-corrected chi connectivity index (χ1v) is 3.70. The molecule has 1 fully saturated rings. The van der Waals surface area contributed by atoms with E-state index < -0.39 is 0 Å². The van der Waals surface area contributed by atoms with Crippen molar-refractivity contribution in [3.63, 3.8) is 0 Å². The van der Waals surface area contributed by atoms with Gasteiger partial charge in [0.1, 0.15) is 0 Å². The Hall–Kier alpha value is -0.570. The summed E-state index contributed by atoms with van der Waals surface area (Å²) in [5.74, 6) is -0.218. The Morgan fingerprint density at radius 1 is 1.50 bits per heavy atom. The molecule has 3 heteroatoms. The number of hydrogen-bond acceptors (Lipinski definition) is 2. The average Bonchev–Trinajstić information content (AvgIpc) is 2.47. The largest absolute Gasteiger partial charge is 0.370 e. The monoisotopic (exact) mass is 142 g/mol. The zero-order chi connectivity index (χ0) is 7.61. The van der Waals surface area contributed by atoms with Gasteiger partial charge in [-0.1, -0.05) is 0 Å². The van der Waals surface area contributed by atoms with Crippen LogP contribution in [0.15, 0.2) is 0 Å². The van der Waals surface area contributed by atoms with Gasteiger partial charge in [-0.3, -0.25) is 4.79 Å². The molecule has 0 heterocycles. The van der Waals surface area contributed by atoms with Gasteiger partial charge in [-0.05, 0) is 25.7 Å². The van der Waals surface area contributed by atoms with E-state index in [0.29, 0.717) is 6.42 Å². The van der Waals surface area contributed by atoms with E-state index in [9.17, 15) is 4.79 Å². The molecule has 0 bridgehead atoms. The third kappa shape index (κ3) is 2.35. The van der Waals surface area contributed by atoms with Crippen molar-refractivity contribution < 1.29 is 4.79 Å². The summed E-state index contributed by atoms with van der Waals surface area (Å²) in [5.41, 5.74) is 10.8. The first kappa shape index (κ1) is 7.54. The lowest BCUT2D eigenvalue weighted by Crippen LogP contribution is -2.22. The van der Waals surface area contributed by atoms with Crippen molar-refractivity contribution in [2.45, 2.75) is 37.6 Å². The van der Waals surface area contributed by atoms with E-state index in [2.05, 4.69) is 0 Å². The van der Waals surface area contributed by atoms with E-state index in [4.69, 9.17) is 11.5 Å². The molecule has 58 valence electrons. The second-order valence-electron chi connectivity index (χ2n) is 3.18. The van der Waals surface area contributed by atoms with Crippen LogP contribution in [0, 0.1) is 0 Å². The third-order valence-corrected chi connectivity index (χ3v) is 1.99. The van der Waals surface area contributed by atoms with E-state index in [1.54, 1.807) is 0 Å². The Labute approximate surface area is 60.8 Å². The summed E-state index contributed by atoms with van der Waals surface area (Å²) >= 11 is 0. The van der Waals surface area contributed by atoms with Crippen molar-refractivity contribution in [3.8, 4) is 0 Å². The molecule has 10 heavy (non-hydrogen) atoms. The van der Waals surface area contributed by atoms with Crippen molar-refractivity contribution in [2.75, 3.05) is 0 Å². The standard InChI is InChI=1S/C7H14N2O/c8-6(10)2-1-3-7(9)4-5-7/h1-5,9H2,(H2,8,10). The van der Waals surface area contributed by atoms with Crippen LogP contribution in [0.5, 0.6) is 0 Å². The summed E-state index contributed by atoms with van der Waals surface area (Å²) < 4.78 is 0. The van der Waals surface area contributed by atoms with Gasteiger partial charge in [-0.2, -0.15) is 0 Å². The molecule has 0 atom stereocenters. The molecule has 1 aliphatic carbocycles. The van der Waals surface area contributed by atoms with E-state index >= 15 is 0 Å². The predicted octanol–water partition coefficient (Wildman–Crippen LogP) is 0.133. The van der Waals surface area contributed by atoms with Crippen LogP contribution in [0.3, 0.4) is 0 Å². The van der Waals surface area contributed by atoms with Gasteiger partial charge in [0.2, 0.25) is 5.91 Å². The molecule has 0 aromatic carbocycles. The molecule has 1 saturated carbocycles. The Bertz CT molecular complexity index is 141. The lowest BCUT2D eigenvalue weighted by Gasteiger charge is -2.05. The van der Waals surface area contributed by atoms with Gasteiger partial charge in [0, 0.05) is 12.0 Å². The molecule has 1 rings (SSSR count). The van der Waals surface area contributed by atoms with Crippen LogP contribution in [0.25, 0.3) is 0 Å². The van der Waals surface area contributed by atoms with Crippen molar-refractivity contribution in [2.24, 2.45) is 11.5 Å². The van der Waals surface area contributed by atoms with Crippen LogP contribution < -0.4 is 11.5 Å². The fraction of sp³-hybridized carbons (Fsp3) is 0.857. The highest BCUT2D eigenvalue weighted by atomic mass is 16.1. The van der Waals surface area contributed by atoms with E-state index in [0.717, 1.165) is 25.7 Å². The number of amides is 1. The topological polar surface area (TPSA) is 69.1 Å². The van der Waals surface area contributed by atoms with Crippen LogP contribution in [-0.4, -0.2) is 11.4 Å². The summed E-state index contributed by atoms with van der Waals surface area (Å²) in [6.45, 7) is 0. The SMILES string of the molecule is NC(=O)CCCC1(N)CC1. The van der Waals surface area contributed by atoms with Gasteiger partial charge in [0.15, 0.2) is 0 Å². The smallest absolute Gasteiger partial charge is 0.217 e. The molecule has 0 aromatic rings. The first-order chi connectivity index (χ1) is 4.62. The summed E-state index contributed by atoms with van der Waals surface area (Å²) in [6, 6.07) is 0. The fourth-order valence-corrected chi connectivity index (χ4v) is 1.03. The minimum Gasteiger partial charge on any atom is -0.370 e. The number of rotatable bonds is 4. The van der Waals surface area contributed by atoms with Gasteiger partial charge in [0.25, 0.3) is 0 Å². The summed E-state index contributed by atoms with van der Waals surface area (Å²) in [5, 5.41) is 0. The van der Waals surface area contributed by atoms with Crippen molar-refractivity contribution in [1.29, 1.82) is 0 Å². The van der Waals surface area contributed by atoms with Gasteiger partial charge in [-0.25, -0.2) is 0 Å². The minimum absolute atomic E-state index is 0.0788. The number of nitrogens with two attached hydrogens (primary N) is 2. The Morgan fingerprint density at radius 2 is 2.10 bits per heavy atom. The van der Waals surface area contributed by atoms with Crippen LogP contribution >= 0.6 is 0 Å². The summed E-state index contributed by atoms with van der Waals surface area (Å²) in [4.78, 5) is 10.3. The maximum Gasteiger partial charge on any atom is 0.217 e. The normalized spacial score (nSPS) is 20.5. The quantitative estimate of drug-likeness (QED) is 0.586. The van der Waals surface area contributed by atoms with Crippen LogP contribution in [0.4, 0.5) is 0 Å². The van der Waals surface area contributed by atoms with Gasteiger partial charge >= 0.3 is 0 Å². The van der Waals surface area contributed by atoms with Crippen molar-refractivity contribution >= 4 is 5.91 Å². The Kier molecular flexibility index (Phi) is 1.94. The summed E-state index contributed by atoms with van der Waals surface area (Å²) in [7, 11) is 0. The van der Waals surface area contributed by atoms with Gasteiger partial charge in [-0.15, -0.1) is 0 Å². The molecule has 1 amide bonds. The lowest BCUT2D eigenvalue weighted by molar-refractivity contribution is -0.118. The van der Waals surface area contributed by atoms with Crippen molar-refractivity contribution in [3.05, 3.63) is 0 Å². The van der Waals surface area contributed by atoms with Crippen LogP contribution in [0.2, 0.25) is 0 Å². The molecule has 3 nitrogen and oxygen atoms in total. The molecule has 1 aliphatic rings. The van der Waals surface area contributed by atoms with Crippen molar-refractivity contribution in [1.82, 2.24) is 0 Å². The maximum absolute atomic E-state index is 10.3. The van der Waals surface area contributed by atoms with Gasteiger partial charge in [0.05, 0.1) is 0 Å².